The maximum Gasteiger partial charge on any atom is 0.321 e. The quantitative estimate of drug-likeness (QED) is 0.628. The van der Waals surface area contributed by atoms with Crippen LogP contribution in [0.15, 0.2) is 48.8 Å². The number of hydrogen-bond acceptors (Lipinski definition) is 5. The normalized spacial score (nSPS) is 13.3. The van der Waals surface area contributed by atoms with Crippen molar-refractivity contribution in [3.05, 3.63) is 60.0 Å². The van der Waals surface area contributed by atoms with Gasteiger partial charge >= 0.3 is 5.97 Å². The zero-order valence-electron chi connectivity index (χ0n) is 14.8. The minimum atomic E-state index is -0.984. The van der Waals surface area contributed by atoms with Gasteiger partial charge in [-0.25, -0.2) is 4.98 Å². The number of carboxylic acid groups (broad SMARTS) is 1. The molecule has 2 unspecified atom stereocenters. The van der Waals surface area contributed by atoms with Crippen molar-refractivity contribution in [1.82, 2.24) is 9.97 Å². The Bertz CT molecular complexity index is 925. The van der Waals surface area contributed by atoms with Crippen molar-refractivity contribution in [1.29, 1.82) is 0 Å². The second-order valence-corrected chi connectivity index (χ2v) is 6.33. The fourth-order valence-corrected chi connectivity index (χ4v) is 3.14. The van der Waals surface area contributed by atoms with Crippen molar-refractivity contribution >= 4 is 28.2 Å². The number of aromatic nitrogens is 2. The fraction of sp³-hybridized carbons (Fsp3) is 0.250. The summed E-state index contributed by atoms with van der Waals surface area (Å²) in [6.45, 7) is 3.89. The molecule has 0 amide bonds. The molecule has 134 valence electrons. The Morgan fingerprint density at radius 1 is 1.27 bits per heavy atom. The van der Waals surface area contributed by atoms with Crippen LogP contribution in [-0.2, 0) is 4.79 Å². The topological polar surface area (TPSA) is 101 Å². The van der Waals surface area contributed by atoms with Gasteiger partial charge in [-0.1, -0.05) is 19.1 Å². The largest absolute Gasteiger partial charge is 0.480 e. The molecule has 0 aliphatic carbocycles. The fourth-order valence-electron chi connectivity index (χ4n) is 3.14. The molecule has 4 N–H and O–H groups in total. The molecular weight excluding hydrogens is 328 g/mol. The number of benzene rings is 1. The number of nitrogens with one attached hydrogen (secondary N) is 1. The molecule has 2 heterocycles. The van der Waals surface area contributed by atoms with Gasteiger partial charge in [-0.3, -0.25) is 9.78 Å². The summed E-state index contributed by atoms with van der Waals surface area (Å²) in [4.78, 5) is 19.9. The third-order valence-electron chi connectivity index (χ3n) is 4.52. The van der Waals surface area contributed by atoms with Crippen molar-refractivity contribution in [2.24, 2.45) is 5.73 Å². The first-order valence-electron chi connectivity index (χ1n) is 8.56. The lowest BCUT2D eigenvalue weighted by molar-refractivity contribution is -0.139. The van der Waals surface area contributed by atoms with E-state index in [0.29, 0.717) is 6.42 Å². The van der Waals surface area contributed by atoms with E-state index in [4.69, 9.17) is 10.8 Å². The number of nitrogens with two attached hydrogens (primary N) is 1. The van der Waals surface area contributed by atoms with E-state index in [-0.39, 0.29) is 5.92 Å². The predicted molar refractivity (Wildman–Crippen MR) is 103 cm³/mol. The molecule has 0 saturated heterocycles. The Morgan fingerprint density at radius 3 is 2.65 bits per heavy atom. The second-order valence-electron chi connectivity index (χ2n) is 6.33. The summed E-state index contributed by atoms with van der Waals surface area (Å²) in [7, 11) is 0. The number of aryl methyl sites for hydroxylation is 1. The van der Waals surface area contributed by atoms with Gasteiger partial charge in [-0.05, 0) is 48.6 Å². The molecule has 0 aliphatic heterocycles. The van der Waals surface area contributed by atoms with Gasteiger partial charge in [0, 0.05) is 35.1 Å². The molecule has 0 radical (unpaired) electrons. The van der Waals surface area contributed by atoms with Crippen LogP contribution in [0.3, 0.4) is 0 Å². The lowest BCUT2D eigenvalue weighted by Crippen LogP contribution is -2.36. The molecule has 0 spiro atoms. The lowest BCUT2D eigenvalue weighted by Gasteiger charge is -2.20. The van der Waals surface area contributed by atoms with E-state index in [9.17, 15) is 4.79 Å². The van der Waals surface area contributed by atoms with Crippen LogP contribution in [0.2, 0.25) is 0 Å². The van der Waals surface area contributed by atoms with E-state index < -0.39 is 12.0 Å². The molecule has 0 fully saturated rings. The predicted octanol–water partition coefficient (Wildman–Crippen LogP) is 3.59. The number of rotatable bonds is 6. The maximum atomic E-state index is 11.2. The van der Waals surface area contributed by atoms with Crippen molar-refractivity contribution in [3.63, 3.8) is 0 Å². The number of nitrogens with zero attached hydrogens (tertiary/aromatic N) is 2. The highest BCUT2D eigenvalue weighted by molar-refractivity contribution is 5.92. The smallest absolute Gasteiger partial charge is 0.321 e. The summed E-state index contributed by atoms with van der Waals surface area (Å²) >= 11 is 0. The molecule has 2 aromatic heterocycles. The monoisotopic (exact) mass is 350 g/mol. The van der Waals surface area contributed by atoms with Gasteiger partial charge in [0.2, 0.25) is 0 Å². The van der Waals surface area contributed by atoms with Crippen LogP contribution in [-0.4, -0.2) is 27.1 Å². The van der Waals surface area contributed by atoms with Crippen LogP contribution in [0.25, 0.3) is 10.8 Å². The first-order chi connectivity index (χ1) is 12.5. The van der Waals surface area contributed by atoms with Gasteiger partial charge in [0.1, 0.15) is 11.9 Å². The summed E-state index contributed by atoms with van der Waals surface area (Å²) in [5, 5.41) is 14.5. The zero-order chi connectivity index (χ0) is 18.7. The number of pyridine rings is 2. The summed E-state index contributed by atoms with van der Waals surface area (Å²) in [6, 6.07) is 10.7. The summed E-state index contributed by atoms with van der Waals surface area (Å²) in [5.74, 6) is -0.458. The van der Waals surface area contributed by atoms with E-state index in [2.05, 4.69) is 15.3 Å². The minimum Gasteiger partial charge on any atom is -0.480 e. The van der Waals surface area contributed by atoms with Gasteiger partial charge < -0.3 is 16.2 Å². The molecule has 3 aromatic rings. The zero-order valence-corrected chi connectivity index (χ0v) is 14.8. The van der Waals surface area contributed by atoms with Gasteiger partial charge in [0.15, 0.2) is 0 Å². The van der Waals surface area contributed by atoms with Crippen LogP contribution >= 0.6 is 0 Å². The third kappa shape index (κ3) is 3.65. The van der Waals surface area contributed by atoms with Crippen molar-refractivity contribution in [2.75, 3.05) is 5.32 Å². The molecule has 6 heteroatoms. The average Bonchev–Trinajstić information content (AvgIpc) is 2.63. The maximum absolute atomic E-state index is 11.2. The first kappa shape index (κ1) is 17.8. The Balaban J connectivity index is 1.87. The Hall–Kier alpha value is -2.99. The molecule has 3 rings (SSSR count). The SMILES string of the molecule is CCC(c1ccc(Nc2nc(C)cc3ccncc23)cc1)C(N)C(=O)O. The summed E-state index contributed by atoms with van der Waals surface area (Å²) in [6.07, 6.45) is 4.21. The van der Waals surface area contributed by atoms with Gasteiger partial charge in [-0.2, -0.15) is 0 Å². The number of carboxylic acids is 1. The average molecular weight is 350 g/mol. The Morgan fingerprint density at radius 2 is 2.00 bits per heavy atom. The number of anilines is 2. The number of carbonyl (C=O) groups is 1. The molecule has 26 heavy (non-hydrogen) atoms. The van der Waals surface area contributed by atoms with Crippen LogP contribution in [0.1, 0.15) is 30.5 Å². The van der Waals surface area contributed by atoms with Crippen molar-refractivity contribution in [2.45, 2.75) is 32.2 Å². The van der Waals surface area contributed by atoms with Crippen molar-refractivity contribution in [3.8, 4) is 0 Å². The molecule has 2 atom stereocenters. The van der Waals surface area contributed by atoms with E-state index >= 15 is 0 Å². The number of fused-ring (bicyclic) bond motifs is 1. The highest BCUT2D eigenvalue weighted by Gasteiger charge is 2.24. The van der Waals surface area contributed by atoms with Gasteiger partial charge in [0.25, 0.3) is 0 Å². The molecule has 0 aliphatic rings. The highest BCUT2D eigenvalue weighted by Crippen LogP contribution is 2.27. The molecule has 6 nitrogen and oxygen atoms in total. The van der Waals surface area contributed by atoms with Gasteiger partial charge in [-0.15, -0.1) is 0 Å². The third-order valence-corrected chi connectivity index (χ3v) is 4.52. The summed E-state index contributed by atoms with van der Waals surface area (Å²) in [5.41, 5.74) is 8.51. The minimum absolute atomic E-state index is 0.219. The highest BCUT2D eigenvalue weighted by atomic mass is 16.4. The van der Waals surface area contributed by atoms with E-state index in [0.717, 1.165) is 33.5 Å². The number of hydrogen-bond donors (Lipinski definition) is 3. The molecule has 0 saturated carbocycles. The van der Waals surface area contributed by atoms with E-state index in [1.165, 1.54) is 0 Å². The van der Waals surface area contributed by atoms with E-state index in [1.807, 2.05) is 50.2 Å². The van der Waals surface area contributed by atoms with Crippen LogP contribution in [0.4, 0.5) is 11.5 Å². The Labute approximate surface area is 152 Å². The summed E-state index contributed by atoms with van der Waals surface area (Å²) < 4.78 is 0. The standard InChI is InChI=1S/C20H22N4O2/c1-3-16(18(21)20(25)26)13-4-6-15(7-5-13)24-19-17-11-22-9-8-14(17)10-12(2)23-19/h4-11,16,18H,3,21H2,1-2H3,(H,23,24)(H,25,26). The van der Waals surface area contributed by atoms with Crippen molar-refractivity contribution < 1.29 is 9.90 Å². The Kier molecular flexibility index (Phi) is 5.14. The van der Waals surface area contributed by atoms with Crippen LogP contribution in [0.5, 0.6) is 0 Å². The molecule has 0 bridgehead atoms. The number of aliphatic carboxylic acids is 1. The molecular formula is C20H22N4O2. The first-order valence-corrected chi connectivity index (χ1v) is 8.56. The van der Waals surface area contributed by atoms with Crippen LogP contribution < -0.4 is 11.1 Å². The second kappa shape index (κ2) is 7.49. The van der Waals surface area contributed by atoms with E-state index in [1.54, 1.807) is 12.4 Å². The molecule has 1 aromatic carbocycles. The lowest BCUT2D eigenvalue weighted by atomic mass is 9.89. The van der Waals surface area contributed by atoms with Gasteiger partial charge in [0.05, 0.1) is 0 Å². The van der Waals surface area contributed by atoms with Crippen LogP contribution in [0, 0.1) is 6.92 Å².